The van der Waals surface area contributed by atoms with Crippen LogP contribution in [-0.2, 0) is 19.1 Å². The summed E-state index contributed by atoms with van der Waals surface area (Å²) in [5.41, 5.74) is 2.51. The molecule has 1 aromatic carbocycles. The molecule has 3 aliphatic rings. The lowest BCUT2D eigenvalue weighted by Gasteiger charge is -2.32. The summed E-state index contributed by atoms with van der Waals surface area (Å²) in [4.78, 5) is 66.6. The summed E-state index contributed by atoms with van der Waals surface area (Å²) in [6, 6.07) is 9.72. The second-order valence-electron chi connectivity index (χ2n) is 13.8. The molecule has 4 atom stereocenters. The van der Waals surface area contributed by atoms with Crippen LogP contribution in [0.3, 0.4) is 0 Å². The predicted molar refractivity (Wildman–Crippen MR) is 187 cm³/mol. The Labute approximate surface area is 295 Å². The average molecular weight is 705 g/mol. The fourth-order valence-electron chi connectivity index (χ4n) is 6.39. The monoisotopic (exact) mass is 704 g/mol. The van der Waals surface area contributed by atoms with Gasteiger partial charge in [-0.25, -0.2) is 34.8 Å². The Bertz CT molecular complexity index is 1760. The molecule has 6 rings (SSSR count). The maximum absolute atomic E-state index is 14.4. The minimum Gasteiger partial charge on any atom is -0.471 e. The molecule has 50 heavy (non-hydrogen) atoms. The number of benzene rings is 1. The molecule has 0 unspecified atom stereocenters. The topological polar surface area (TPSA) is 152 Å². The van der Waals surface area contributed by atoms with Crippen LogP contribution < -0.4 is 15.5 Å². The van der Waals surface area contributed by atoms with E-state index in [9.17, 15) is 19.2 Å². The molecule has 0 bridgehead atoms. The number of nitrogens with zero attached hydrogens (tertiary/aromatic N) is 4. The van der Waals surface area contributed by atoms with Gasteiger partial charge >= 0.3 is 18.1 Å². The Hall–Kier alpha value is -4.72. The molecule has 266 valence electrons. The van der Waals surface area contributed by atoms with Gasteiger partial charge in [0.15, 0.2) is 0 Å². The maximum atomic E-state index is 14.4. The van der Waals surface area contributed by atoms with Gasteiger partial charge in [0.2, 0.25) is 11.8 Å². The normalized spacial score (nSPS) is 25.0. The summed E-state index contributed by atoms with van der Waals surface area (Å²) < 4.78 is 17.4. The molecule has 4 heterocycles. The molecule has 0 spiro atoms. The van der Waals surface area contributed by atoms with Crippen LogP contribution in [0, 0.1) is 5.92 Å². The number of ether oxygens (including phenoxy) is 3. The zero-order chi connectivity index (χ0) is 35.5. The molecule has 1 saturated heterocycles. The number of carbonyl (C=O) groups excluding carboxylic acids is 4. The van der Waals surface area contributed by atoms with E-state index in [-0.39, 0.29) is 37.9 Å². The largest absolute Gasteiger partial charge is 0.471 e. The van der Waals surface area contributed by atoms with E-state index in [4.69, 9.17) is 24.2 Å². The van der Waals surface area contributed by atoms with Crippen molar-refractivity contribution < 1.29 is 33.4 Å². The summed E-state index contributed by atoms with van der Waals surface area (Å²) in [5, 5.41) is 6.12. The van der Waals surface area contributed by atoms with Crippen LogP contribution in [-0.4, -0.2) is 86.9 Å². The number of thiophene rings is 1. The number of allylic oxidation sites excluding steroid dienone is 1. The molecule has 2 aromatic heterocycles. The molecule has 13 nitrogen and oxygen atoms in total. The first-order valence-corrected chi connectivity index (χ1v) is 18.1. The first kappa shape index (κ1) is 35.1. The van der Waals surface area contributed by atoms with Crippen LogP contribution in [0.25, 0.3) is 21.6 Å². The van der Waals surface area contributed by atoms with Gasteiger partial charge in [-0.3, -0.25) is 4.79 Å². The summed E-state index contributed by atoms with van der Waals surface area (Å²) in [7, 11) is 0. The van der Waals surface area contributed by atoms with Gasteiger partial charge in [0.1, 0.15) is 29.0 Å². The Morgan fingerprint density at radius 2 is 1.86 bits per heavy atom. The van der Waals surface area contributed by atoms with E-state index in [1.165, 1.54) is 21.2 Å². The van der Waals surface area contributed by atoms with Crippen LogP contribution in [0.1, 0.15) is 66.2 Å². The van der Waals surface area contributed by atoms with Crippen molar-refractivity contribution in [3.8, 4) is 16.5 Å². The van der Waals surface area contributed by atoms with Gasteiger partial charge in [0.05, 0.1) is 29.1 Å². The molecular weight excluding hydrogens is 660 g/mol. The van der Waals surface area contributed by atoms with Gasteiger partial charge in [0, 0.05) is 18.9 Å². The lowest BCUT2D eigenvalue weighted by atomic mass is 10.1. The van der Waals surface area contributed by atoms with Crippen molar-refractivity contribution in [3.63, 3.8) is 0 Å². The number of carbonyl (C=O) groups is 4. The third-order valence-corrected chi connectivity index (χ3v) is 9.74. The number of nitrogens with one attached hydrogen (secondary N) is 2. The molecule has 3 aromatic rings. The number of hydrogen-bond donors (Lipinski definition) is 2. The smallest absolute Gasteiger partial charge is 0.426 e. The molecule has 2 aliphatic heterocycles. The minimum absolute atomic E-state index is 0.0115. The highest BCUT2D eigenvalue weighted by atomic mass is 32.1. The second kappa shape index (κ2) is 14.6. The van der Waals surface area contributed by atoms with Crippen LogP contribution in [0.15, 0.2) is 53.9 Å². The highest BCUT2D eigenvalue weighted by Gasteiger charge is 2.62. The molecular formula is C36H44N6O7S. The standard InChI is InChI=1S/C36H44N6O7S/c1-5-47-32(44)36-21-23(36)14-9-7-6-8-12-18-42(40-33(45)49-35(2,3)4)34(46)41-22-24(20-27(41)30(43)39-36)48-31-29(28-17-13-19-50-28)37-25-15-10-11-16-26(25)38-31/h9-11,13-17,19,23-24,27H,5-8,12,18,20-22H2,1-4H3,(H,39,43)(H,40,45)/b14-9-/t23-,24-,27+,36-/m1/s1. The fraction of sp³-hybridized carbons (Fsp3) is 0.500. The Kier molecular flexibility index (Phi) is 10.3. The molecule has 0 radical (unpaired) electrons. The number of amides is 4. The molecule has 2 fully saturated rings. The van der Waals surface area contributed by atoms with Crippen molar-refractivity contribution in [2.45, 2.75) is 89.5 Å². The van der Waals surface area contributed by atoms with Crippen molar-refractivity contribution in [2.24, 2.45) is 5.92 Å². The van der Waals surface area contributed by atoms with E-state index in [1.54, 1.807) is 27.7 Å². The molecule has 2 N–H and O–H groups in total. The zero-order valence-corrected chi connectivity index (χ0v) is 29.7. The van der Waals surface area contributed by atoms with Gasteiger partial charge in [-0.2, -0.15) is 0 Å². The SMILES string of the molecule is CCOC(=O)[C@@]12C[C@H]1/C=C\CCCCCN(NC(=O)OC(C)(C)C)C(=O)N1C[C@H](Oc3nc4ccccc4nc3-c3cccs3)C[C@H]1C(=O)N2. The number of fused-ring (bicyclic) bond motifs is 3. The number of hydrazine groups is 1. The van der Waals surface area contributed by atoms with Gasteiger partial charge < -0.3 is 24.4 Å². The van der Waals surface area contributed by atoms with Crippen LogP contribution >= 0.6 is 11.3 Å². The van der Waals surface area contributed by atoms with Gasteiger partial charge in [-0.1, -0.05) is 36.8 Å². The predicted octanol–water partition coefficient (Wildman–Crippen LogP) is 5.61. The van der Waals surface area contributed by atoms with E-state index in [0.717, 1.165) is 24.1 Å². The van der Waals surface area contributed by atoms with E-state index >= 15 is 0 Å². The maximum Gasteiger partial charge on any atom is 0.426 e. The summed E-state index contributed by atoms with van der Waals surface area (Å²) in [6.07, 6.45) is 6.07. The van der Waals surface area contributed by atoms with Crippen molar-refractivity contribution in [1.82, 2.24) is 30.6 Å². The van der Waals surface area contributed by atoms with Crippen LogP contribution in [0.5, 0.6) is 5.88 Å². The number of rotatable bonds is 6. The third kappa shape index (κ3) is 7.85. The molecule has 4 amide bonds. The van der Waals surface area contributed by atoms with Crippen LogP contribution in [0.4, 0.5) is 9.59 Å². The van der Waals surface area contributed by atoms with E-state index in [0.29, 0.717) is 29.6 Å². The number of para-hydroxylation sites is 2. The van der Waals surface area contributed by atoms with Crippen molar-refractivity contribution in [1.29, 1.82) is 0 Å². The average Bonchev–Trinajstić information content (AvgIpc) is 3.38. The molecule has 1 saturated carbocycles. The summed E-state index contributed by atoms with van der Waals surface area (Å²) >= 11 is 1.50. The second-order valence-corrected chi connectivity index (χ2v) is 14.8. The minimum atomic E-state index is -1.22. The van der Waals surface area contributed by atoms with Crippen molar-refractivity contribution in [2.75, 3.05) is 19.7 Å². The van der Waals surface area contributed by atoms with E-state index in [2.05, 4.69) is 10.7 Å². The highest BCUT2D eigenvalue weighted by Crippen LogP contribution is 2.46. The quantitative estimate of drug-likeness (QED) is 0.246. The number of hydrogen-bond acceptors (Lipinski definition) is 10. The van der Waals surface area contributed by atoms with Gasteiger partial charge in [-0.05, 0) is 77.0 Å². The van der Waals surface area contributed by atoms with Crippen LogP contribution in [0.2, 0.25) is 0 Å². The van der Waals surface area contributed by atoms with E-state index < -0.39 is 47.3 Å². The molecule has 14 heteroatoms. The van der Waals surface area contributed by atoms with Crippen molar-refractivity contribution >= 4 is 46.4 Å². The fourth-order valence-corrected chi connectivity index (χ4v) is 7.09. The Balaban J connectivity index is 1.33. The molecule has 1 aliphatic carbocycles. The first-order chi connectivity index (χ1) is 24.0. The Morgan fingerprint density at radius 3 is 2.58 bits per heavy atom. The number of urea groups is 1. The third-order valence-electron chi connectivity index (χ3n) is 8.86. The van der Waals surface area contributed by atoms with Crippen molar-refractivity contribution in [3.05, 3.63) is 53.9 Å². The number of aromatic nitrogens is 2. The number of esters is 1. The summed E-state index contributed by atoms with van der Waals surface area (Å²) in [6.45, 7) is 7.32. The first-order valence-electron chi connectivity index (χ1n) is 17.2. The highest BCUT2D eigenvalue weighted by molar-refractivity contribution is 7.13. The van der Waals surface area contributed by atoms with Gasteiger partial charge in [0.25, 0.3) is 0 Å². The van der Waals surface area contributed by atoms with Gasteiger partial charge in [-0.15, -0.1) is 11.3 Å². The Morgan fingerprint density at radius 1 is 1.08 bits per heavy atom. The lowest BCUT2D eigenvalue weighted by molar-refractivity contribution is -0.149. The lowest BCUT2D eigenvalue weighted by Crippen LogP contribution is -2.58. The zero-order valence-electron chi connectivity index (χ0n) is 28.8. The van der Waals surface area contributed by atoms with E-state index in [1.807, 2.05) is 53.9 Å². The summed E-state index contributed by atoms with van der Waals surface area (Å²) in [5.74, 6) is -0.953.